The van der Waals surface area contributed by atoms with Gasteiger partial charge in [-0.05, 0) is 43.1 Å². The Labute approximate surface area is 146 Å². The number of furan rings is 1. The normalized spacial score (nSPS) is 45.2. The Bertz CT molecular complexity index is 750. The highest BCUT2D eigenvalue weighted by Crippen LogP contribution is 2.65. The standard InChI is InChI=1S/C20H22O5/c1-19-9-15(12-6-8-23-10-12)25-18(22)13(19)5-7-20-11-24-17(21)14(20)3-2-4-16(19)20/h2,4,6,8,10,13-16H,3,5,7,9,11H2,1H3. The Hall–Kier alpha value is -2.04. The molecule has 1 spiro atoms. The van der Waals surface area contributed by atoms with Gasteiger partial charge in [-0.25, -0.2) is 0 Å². The third-order valence-electron chi connectivity index (χ3n) is 7.27. The summed E-state index contributed by atoms with van der Waals surface area (Å²) in [6.07, 6.45) is 10.5. The van der Waals surface area contributed by atoms with E-state index in [2.05, 4.69) is 19.1 Å². The quantitative estimate of drug-likeness (QED) is 0.578. The topological polar surface area (TPSA) is 65.7 Å². The highest BCUT2D eigenvalue weighted by atomic mass is 16.5. The fourth-order valence-electron chi connectivity index (χ4n) is 6.02. The summed E-state index contributed by atoms with van der Waals surface area (Å²) in [5, 5.41) is 0. The van der Waals surface area contributed by atoms with E-state index in [-0.39, 0.29) is 46.6 Å². The van der Waals surface area contributed by atoms with E-state index in [0.717, 1.165) is 31.2 Å². The lowest BCUT2D eigenvalue weighted by Crippen LogP contribution is -2.57. The molecule has 25 heavy (non-hydrogen) atoms. The monoisotopic (exact) mass is 342 g/mol. The molecule has 3 fully saturated rings. The first-order chi connectivity index (χ1) is 12.0. The van der Waals surface area contributed by atoms with Crippen LogP contribution in [0.25, 0.3) is 0 Å². The van der Waals surface area contributed by atoms with E-state index in [0.29, 0.717) is 6.61 Å². The van der Waals surface area contributed by atoms with Crippen LogP contribution in [0.4, 0.5) is 0 Å². The van der Waals surface area contributed by atoms with Gasteiger partial charge in [0.05, 0.1) is 31.0 Å². The van der Waals surface area contributed by atoms with Crippen molar-refractivity contribution < 1.29 is 23.5 Å². The van der Waals surface area contributed by atoms with Crippen molar-refractivity contribution in [1.29, 1.82) is 0 Å². The number of ether oxygens (including phenoxy) is 2. The minimum Gasteiger partial charge on any atom is -0.472 e. The summed E-state index contributed by atoms with van der Waals surface area (Å²) in [7, 11) is 0. The predicted molar refractivity (Wildman–Crippen MR) is 87.1 cm³/mol. The second-order valence-corrected chi connectivity index (χ2v) is 8.32. The molecule has 0 bridgehead atoms. The highest BCUT2D eigenvalue weighted by Gasteiger charge is 2.66. The molecule has 2 aliphatic heterocycles. The molecule has 1 aromatic heterocycles. The zero-order valence-corrected chi connectivity index (χ0v) is 14.3. The maximum Gasteiger partial charge on any atom is 0.310 e. The Morgan fingerprint density at radius 3 is 2.88 bits per heavy atom. The molecule has 0 radical (unpaired) electrons. The third kappa shape index (κ3) is 1.89. The third-order valence-corrected chi connectivity index (χ3v) is 7.27. The van der Waals surface area contributed by atoms with E-state index in [1.54, 1.807) is 12.5 Å². The van der Waals surface area contributed by atoms with Crippen molar-refractivity contribution in [3.05, 3.63) is 36.3 Å². The number of cyclic esters (lactones) is 2. The summed E-state index contributed by atoms with van der Waals surface area (Å²) in [6, 6.07) is 1.86. The van der Waals surface area contributed by atoms with Crippen LogP contribution in [-0.2, 0) is 19.1 Å². The van der Waals surface area contributed by atoms with E-state index in [4.69, 9.17) is 13.9 Å². The largest absolute Gasteiger partial charge is 0.472 e. The summed E-state index contributed by atoms with van der Waals surface area (Å²) < 4.78 is 16.4. The molecule has 132 valence electrons. The van der Waals surface area contributed by atoms with E-state index in [1.807, 2.05) is 6.07 Å². The van der Waals surface area contributed by atoms with E-state index in [9.17, 15) is 9.59 Å². The number of carbonyl (C=O) groups is 2. The van der Waals surface area contributed by atoms with Gasteiger partial charge in [0.1, 0.15) is 6.10 Å². The summed E-state index contributed by atoms with van der Waals surface area (Å²) in [5.74, 6) is -0.209. The van der Waals surface area contributed by atoms with Gasteiger partial charge in [-0.3, -0.25) is 9.59 Å². The number of hydrogen-bond acceptors (Lipinski definition) is 5. The van der Waals surface area contributed by atoms with Crippen molar-refractivity contribution in [3.8, 4) is 0 Å². The Balaban J connectivity index is 1.57. The van der Waals surface area contributed by atoms with Gasteiger partial charge in [0.15, 0.2) is 0 Å². The Morgan fingerprint density at radius 2 is 2.08 bits per heavy atom. The van der Waals surface area contributed by atoms with Gasteiger partial charge in [0.25, 0.3) is 0 Å². The molecule has 0 aromatic carbocycles. The number of allylic oxidation sites excluding steroid dienone is 2. The molecule has 1 saturated carbocycles. The maximum atomic E-state index is 12.8. The van der Waals surface area contributed by atoms with Crippen LogP contribution in [0.2, 0.25) is 0 Å². The van der Waals surface area contributed by atoms with Crippen LogP contribution in [0.15, 0.2) is 35.2 Å². The van der Waals surface area contributed by atoms with Gasteiger partial charge in [-0.1, -0.05) is 19.1 Å². The molecule has 0 N–H and O–H groups in total. The van der Waals surface area contributed by atoms with E-state index in [1.165, 1.54) is 0 Å². The van der Waals surface area contributed by atoms with Crippen LogP contribution >= 0.6 is 0 Å². The van der Waals surface area contributed by atoms with Gasteiger partial charge < -0.3 is 13.9 Å². The van der Waals surface area contributed by atoms with Crippen LogP contribution in [0, 0.1) is 28.6 Å². The van der Waals surface area contributed by atoms with Crippen molar-refractivity contribution in [3.63, 3.8) is 0 Å². The van der Waals surface area contributed by atoms with E-state index < -0.39 is 0 Å². The van der Waals surface area contributed by atoms with Crippen molar-refractivity contribution >= 4 is 11.9 Å². The van der Waals surface area contributed by atoms with Gasteiger partial charge in [0, 0.05) is 11.0 Å². The highest BCUT2D eigenvalue weighted by molar-refractivity contribution is 5.78. The average Bonchev–Trinajstić information content (AvgIpc) is 3.23. The van der Waals surface area contributed by atoms with Crippen LogP contribution in [-0.4, -0.2) is 18.5 Å². The molecule has 2 aliphatic carbocycles. The predicted octanol–water partition coefficient (Wildman–Crippen LogP) is 3.42. The van der Waals surface area contributed by atoms with Gasteiger partial charge in [0.2, 0.25) is 0 Å². The Morgan fingerprint density at radius 1 is 1.20 bits per heavy atom. The number of esters is 2. The molecule has 0 amide bonds. The molecule has 6 atom stereocenters. The van der Waals surface area contributed by atoms with E-state index >= 15 is 0 Å². The minimum atomic E-state index is -0.283. The van der Waals surface area contributed by atoms with Crippen LogP contribution < -0.4 is 0 Å². The summed E-state index contributed by atoms with van der Waals surface area (Å²) in [5.41, 5.74) is 0.511. The van der Waals surface area contributed by atoms with Crippen LogP contribution in [0.1, 0.15) is 44.3 Å². The first-order valence-corrected chi connectivity index (χ1v) is 9.10. The SMILES string of the molecule is CC12CC(c3ccoc3)OC(=O)C1CCC13COC(=O)C1CC=CC23. The summed E-state index contributed by atoms with van der Waals surface area (Å²) >= 11 is 0. The number of rotatable bonds is 1. The number of carbonyl (C=O) groups excluding carboxylic acids is 2. The van der Waals surface area contributed by atoms with Crippen molar-refractivity contribution in [2.75, 3.05) is 6.61 Å². The lowest BCUT2D eigenvalue weighted by Gasteiger charge is -2.58. The molecule has 3 heterocycles. The molecule has 2 saturated heterocycles. The first-order valence-electron chi connectivity index (χ1n) is 9.10. The van der Waals surface area contributed by atoms with Gasteiger partial charge in [-0.2, -0.15) is 0 Å². The van der Waals surface area contributed by atoms with Crippen molar-refractivity contribution in [2.45, 2.75) is 38.7 Å². The number of fused-ring (bicyclic) bond motifs is 2. The molecule has 5 heteroatoms. The minimum absolute atomic E-state index is 0.0643. The zero-order chi connectivity index (χ0) is 17.2. The lowest BCUT2D eigenvalue weighted by molar-refractivity contribution is -0.191. The molecule has 1 aromatic rings. The number of hydrogen-bond donors (Lipinski definition) is 0. The average molecular weight is 342 g/mol. The van der Waals surface area contributed by atoms with Crippen LogP contribution in [0.5, 0.6) is 0 Å². The fourth-order valence-corrected chi connectivity index (χ4v) is 6.02. The second-order valence-electron chi connectivity index (χ2n) is 8.32. The molecule has 5 nitrogen and oxygen atoms in total. The van der Waals surface area contributed by atoms with Crippen molar-refractivity contribution in [2.24, 2.45) is 28.6 Å². The summed E-state index contributed by atoms with van der Waals surface area (Å²) in [4.78, 5) is 25.1. The molecule has 4 aliphatic rings. The fraction of sp³-hybridized carbons (Fsp3) is 0.600. The Kier molecular flexibility index (Phi) is 3.04. The molecular formula is C20H22O5. The lowest BCUT2D eigenvalue weighted by atomic mass is 9.45. The van der Waals surface area contributed by atoms with Crippen molar-refractivity contribution in [1.82, 2.24) is 0 Å². The van der Waals surface area contributed by atoms with Gasteiger partial charge >= 0.3 is 11.9 Å². The zero-order valence-electron chi connectivity index (χ0n) is 14.3. The van der Waals surface area contributed by atoms with Crippen LogP contribution in [0.3, 0.4) is 0 Å². The van der Waals surface area contributed by atoms with Gasteiger partial charge in [-0.15, -0.1) is 0 Å². The maximum absolute atomic E-state index is 12.8. The molecular weight excluding hydrogens is 320 g/mol. The summed E-state index contributed by atoms with van der Waals surface area (Å²) in [6.45, 7) is 2.69. The molecule has 5 rings (SSSR count). The smallest absolute Gasteiger partial charge is 0.310 e. The first kappa shape index (κ1) is 15.2. The molecule has 6 unspecified atom stereocenters. The second kappa shape index (κ2) is 4.99.